The normalized spacial score (nSPS) is 21.4. The Morgan fingerprint density at radius 3 is 2.79 bits per heavy atom. The van der Waals surface area contributed by atoms with Gasteiger partial charge >= 0.3 is 0 Å². The van der Waals surface area contributed by atoms with Gasteiger partial charge in [-0.2, -0.15) is 0 Å². The Balaban J connectivity index is 2.06. The second-order valence-corrected chi connectivity index (χ2v) is 6.91. The number of hydrogen-bond acceptors (Lipinski definition) is 5. The Morgan fingerprint density at radius 1 is 1.42 bits per heavy atom. The zero-order valence-corrected chi connectivity index (χ0v) is 13.5. The standard InChI is InChI=1S/C14H26N4S/c1-10(2)15-8-13-12(4)16-14(19-13)18-7-6-17(5)9-11(18)3/h10-11,15H,6-9H2,1-5H3. The highest BCUT2D eigenvalue weighted by molar-refractivity contribution is 7.15. The lowest BCUT2D eigenvalue weighted by atomic mass is 10.2. The number of nitrogens with one attached hydrogen (secondary N) is 1. The van der Waals surface area contributed by atoms with Gasteiger partial charge in [-0.15, -0.1) is 11.3 Å². The lowest BCUT2D eigenvalue weighted by molar-refractivity contribution is 0.275. The van der Waals surface area contributed by atoms with E-state index in [0.717, 1.165) is 26.2 Å². The lowest BCUT2D eigenvalue weighted by Gasteiger charge is -2.38. The number of anilines is 1. The van der Waals surface area contributed by atoms with Crippen LogP contribution in [0.4, 0.5) is 5.13 Å². The molecule has 1 fully saturated rings. The van der Waals surface area contributed by atoms with Gasteiger partial charge in [0.15, 0.2) is 5.13 Å². The van der Waals surface area contributed by atoms with Gasteiger partial charge in [0.05, 0.1) is 5.69 Å². The average Bonchev–Trinajstić information content (AvgIpc) is 2.67. The maximum atomic E-state index is 4.77. The smallest absolute Gasteiger partial charge is 0.186 e. The molecule has 0 saturated carbocycles. The zero-order chi connectivity index (χ0) is 14.0. The van der Waals surface area contributed by atoms with Crippen molar-refractivity contribution >= 4 is 16.5 Å². The third kappa shape index (κ3) is 3.68. The van der Waals surface area contributed by atoms with Crippen LogP contribution in [0, 0.1) is 6.92 Å². The van der Waals surface area contributed by atoms with E-state index in [2.05, 4.69) is 49.9 Å². The van der Waals surface area contributed by atoms with Crippen LogP contribution in [0.5, 0.6) is 0 Å². The van der Waals surface area contributed by atoms with E-state index in [1.807, 2.05) is 11.3 Å². The van der Waals surface area contributed by atoms with Gasteiger partial charge in [-0.1, -0.05) is 13.8 Å². The molecule has 108 valence electrons. The Bertz CT molecular complexity index is 416. The molecule has 0 bridgehead atoms. The van der Waals surface area contributed by atoms with Crippen molar-refractivity contribution in [3.8, 4) is 0 Å². The van der Waals surface area contributed by atoms with Crippen LogP contribution in [0.1, 0.15) is 31.3 Å². The molecule has 0 radical (unpaired) electrons. The summed E-state index contributed by atoms with van der Waals surface area (Å²) < 4.78 is 0. The van der Waals surface area contributed by atoms with Crippen molar-refractivity contribution in [1.29, 1.82) is 0 Å². The Morgan fingerprint density at radius 2 is 2.16 bits per heavy atom. The molecule has 0 spiro atoms. The van der Waals surface area contributed by atoms with Crippen LogP contribution in [-0.4, -0.2) is 48.6 Å². The van der Waals surface area contributed by atoms with Gasteiger partial charge in [0, 0.05) is 43.1 Å². The topological polar surface area (TPSA) is 31.4 Å². The fourth-order valence-electron chi connectivity index (χ4n) is 2.42. The summed E-state index contributed by atoms with van der Waals surface area (Å²) in [5.74, 6) is 0. The molecule has 19 heavy (non-hydrogen) atoms. The van der Waals surface area contributed by atoms with E-state index in [1.54, 1.807) is 0 Å². The number of rotatable bonds is 4. The van der Waals surface area contributed by atoms with Gasteiger partial charge in [-0.3, -0.25) is 0 Å². The van der Waals surface area contributed by atoms with Crippen LogP contribution < -0.4 is 10.2 Å². The van der Waals surface area contributed by atoms with Crippen molar-refractivity contribution in [1.82, 2.24) is 15.2 Å². The maximum Gasteiger partial charge on any atom is 0.186 e. The summed E-state index contributed by atoms with van der Waals surface area (Å²) in [6.45, 7) is 13.0. The van der Waals surface area contributed by atoms with E-state index in [1.165, 1.54) is 15.7 Å². The third-order valence-electron chi connectivity index (χ3n) is 3.63. The van der Waals surface area contributed by atoms with Crippen molar-refractivity contribution < 1.29 is 0 Å². The van der Waals surface area contributed by atoms with Gasteiger partial charge in [-0.25, -0.2) is 4.98 Å². The molecule has 1 aliphatic rings. The van der Waals surface area contributed by atoms with Crippen LogP contribution in [0.2, 0.25) is 0 Å². The molecule has 1 aliphatic heterocycles. The molecule has 0 amide bonds. The monoisotopic (exact) mass is 282 g/mol. The number of thiazole rings is 1. The summed E-state index contributed by atoms with van der Waals surface area (Å²) in [6.07, 6.45) is 0. The molecule has 1 aromatic heterocycles. The van der Waals surface area contributed by atoms with Crippen molar-refractivity contribution in [3.63, 3.8) is 0 Å². The first kappa shape index (κ1) is 14.8. The Kier molecular flexibility index (Phi) is 4.81. The van der Waals surface area contributed by atoms with Gasteiger partial charge < -0.3 is 15.1 Å². The lowest BCUT2D eigenvalue weighted by Crippen LogP contribution is -2.50. The third-order valence-corrected chi connectivity index (χ3v) is 4.82. The summed E-state index contributed by atoms with van der Waals surface area (Å²) in [4.78, 5) is 11.0. The first-order valence-electron chi connectivity index (χ1n) is 7.12. The van der Waals surface area contributed by atoms with Crippen LogP contribution in [0.15, 0.2) is 0 Å². The number of aryl methyl sites for hydroxylation is 1. The van der Waals surface area contributed by atoms with E-state index in [-0.39, 0.29) is 0 Å². The second kappa shape index (κ2) is 6.20. The summed E-state index contributed by atoms with van der Waals surface area (Å²) >= 11 is 1.85. The van der Waals surface area contributed by atoms with Crippen LogP contribution in [-0.2, 0) is 6.54 Å². The minimum atomic E-state index is 0.521. The summed E-state index contributed by atoms with van der Waals surface area (Å²) in [5.41, 5.74) is 1.18. The second-order valence-electron chi connectivity index (χ2n) is 5.85. The SMILES string of the molecule is Cc1nc(N2CCN(C)CC2C)sc1CNC(C)C. The molecule has 0 aliphatic carbocycles. The van der Waals surface area contributed by atoms with E-state index in [0.29, 0.717) is 12.1 Å². The first-order chi connectivity index (χ1) is 8.97. The van der Waals surface area contributed by atoms with Gasteiger partial charge in [-0.05, 0) is 20.9 Å². The van der Waals surface area contributed by atoms with Crippen molar-refractivity contribution in [3.05, 3.63) is 10.6 Å². The van der Waals surface area contributed by atoms with Crippen molar-refractivity contribution in [2.45, 2.75) is 46.3 Å². The quantitative estimate of drug-likeness (QED) is 0.916. The van der Waals surface area contributed by atoms with Crippen molar-refractivity contribution in [2.75, 3.05) is 31.6 Å². The minimum absolute atomic E-state index is 0.521. The predicted molar refractivity (Wildman–Crippen MR) is 83.1 cm³/mol. The predicted octanol–water partition coefficient (Wildman–Crippen LogP) is 2.09. The molecule has 5 heteroatoms. The van der Waals surface area contributed by atoms with Crippen molar-refractivity contribution in [2.24, 2.45) is 0 Å². The molecule has 2 rings (SSSR count). The Labute approximate surface area is 120 Å². The van der Waals surface area contributed by atoms with Gasteiger partial charge in [0.25, 0.3) is 0 Å². The molecular formula is C14H26N4S. The van der Waals surface area contributed by atoms with E-state index >= 15 is 0 Å². The summed E-state index contributed by atoms with van der Waals surface area (Å²) in [7, 11) is 2.19. The molecule has 1 aromatic rings. The molecule has 0 aromatic carbocycles. The minimum Gasteiger partial charge on any atom is -0.343 e. The number of nitrogens with zero attached hydrogens (tertiary/aromatic N) is 3. The largest absolute Gasteiger partial charge is 0.343 e. The average molecular weight is 282 g/mol. The summed E-state index contributed by atoms with van der Waals surface area (Å²) in [6, 6.07) is 1.07. The molecule has 1 N–H and O–H groups in total. The molecule has 2 heterocycles. The molecule has 4 nitrogen and oxygen atoms in total. The maximum absolute atomic E-state index is 4.77. The number of piperazine rings is 1. The Hall–Kier alpha value is -0.650. The van der Waals surface area contributed by atoms with E-state index in [9.17, 15) is 0 Å². The van der Waals surface area contributed by atoms with Crippen LogP contribution in [0.25, 0.3) is 0 Å². The van der Waals surface area contributed by atoms with E-state index < -0.39 is 0 Å². The van der Waals surface area contributed by atoms with Gasteiger partial charge in [0.1, 0.15) is 0 Å². The van der Waals surface area contributed by atoms with Crippen LogP contribution >= 0.6 is 11.3 Å². The van der Waals surface area contributed by atoms with E-state index in [4.69, 9.17) is 4.98 Å². The number of aromatic nitrogens is 1. The highest BCUT2D eigenvalue weighted by atomic mass is 32.1. The van der Waals surface area contributed by atoms with Crippen LogP contribution in [0.3, 0.4) is 0 Å². The fraction of sp³-hybridized carbons (Fsp3) is 0.786. The molecule has 1 unspecified atom stereocenters. The molecular weight excluding hydrogens is 256 g/mol. The molecule has 1 atom stereocenters. The number of likely N-dealkylation sites (N-methyl/N-ethyl adjacent to an activating group) is 1. The first-order valence-corrected chi connectivity index (χ1v) is 7.94. The molecule has 1 saturated heterocycles. The highest BCUT2D eigenvalue weighted by Crippen LogP contribution is 2.28. The highest BCUT2D eigenvalue weighted by Gasteiger charge is 2.24. The summed E-state index contributed by atoms with van der Waals surface area (Å²) in [5, 5.41) is 4.67. The fourth-order valence-corrected chi connectivity index (χ4v) is 3.56. The zero-order valence-electron chi connectivity index (χ0n) is 12.7. The van der Waals surface area contributed by atoms with Gasteiger partial charge in [0.2, 0.25) is 0 Å². The number of hydrogen-bond donors (Lipinski definition) is 1.